The lowest BCUT2D eigenvalue weighted by molar-refractivity contribution is -0.116. The molecular weight excluding hydrogens is 384 g/mol. The maximum Gasteiger partial charge on any atom is 0.232 e. The van der Waals surface area contributed by atoms with Crippen LogP contribution < -0.4 is 14.4 Å². The van der Waals surface area contributed by atoms with Crippen LogP contribution in [0.5, 0.6) is 5.75 Å². The number of thioether (sulfide) groups is 1. The van der Waals surface area contributed by atoms with Gasteiger partial charge in [0.05, 0.1) is 24.7 Å². The van der Waals surface area contributed by atoms with Gasteiger partial charge in [-0.15, -0.1) is 11.8 Å². The maximum atomic E-state index is 12.3. The molecule has 0 bridgehead atoms. The predicted molar refractivity (Wildman–Crippen MR) is 111 cm³/mol. The zero-order chi connectivity index (χ0) is 19.9. The number of anilines is 2. The predicted octanol–water partition coefficient (Wildman–Crippen LogP) is 3.60. The molecule has 0 aliphatic heterocycles. The van der Waals surface area contributed by atoms with Crippen molar-refractivity contribution in [3.63, 3.8) is 0 Å². The van der Waals surface area contributed by atoms with Crippen molar-refractivity contribution in [2.24, 2.45) is 0 Å². The van der Waals surface area contributed by atoms with Crippen LogP contribution in [0.2, 0.25) is 0 Å². The standard InChI is InChI=1S/C19H24N2O4S2/c1-25-17-11-6-5-10-16(17)21(27(3,23)24)14-8-13-19(22)20-15-9-4-7-12-18(15)26-2/h4-7,9-12H,8,13-14H2,1-3H3,(H,20,22). The normalized spacial score (nSPS) is 11.1. The third-order valence-corrected chi connectivity index (χ3v) is 5.88. The van der Waals surface area contributed by atoms with Crippen LogP contribution in [0.4, 0.5) is 11.4 Å². The van der Waals surface area contributed by atoms with Crippen LogP contribution >= 0.6 is 11.8 Å². The van der Waals surface area contributed by atoms with Gasteiger partial charge in [0, 0.05) is 17.9 Å². The SMILES string of the molecule is COc1ccccc1N(CCCC(=O)Nc1ccccc1SC)S(C)(=O)=O. The Kier molecular flexibility index (Phi) is 7.55. The number of ether oxygens (including phenoxy) is 1. The summed E-state index contributed by atoms with van der Waals surface area (Å²) in [4.78, 5) is 13.2. The summed E-state index contributed by atoms with van der Waals surface area (Å²) in [6, 6.07) is 14.5. The van der Waals surface area contributed by atoms with E-state index in [1.54, 1.807) is 36.0 Å². The van der Waals surface area contributed by atoms with Crippen molar-refractivity contribution in [2.75, 3.05) is 35.8 Å². The number of hydrogen-bond acceptors (Lipinski definition) is 5. The molecule has 0 radical (unpaired) electrons. The van der Waals surface area contributed by atoms with E-state index in [4.69, 9.17) is 4.74 Å². The lowest BCUT2D eigenvalue weighted by Crippen LogP contribution is -2.31. The van der Waals surface area contributed by atoms with E-state index in [1.165, 1.54) is 11.4 Å². The number of carbonyl (C=O) groups excluding carboxylic acids is 1. The first-order valence-electron chi connectivity index (χ1n) is 8.40. The monoisotopic (exact) mass is 408 g/mol. The Hall–Kier alpha value is -2.19. The Morgan fingerprint density at radius 3 is 2.48 bits per heavy atom. The van der Waals surface area contributed by atoms with Gasteiger partial charge in [0.2, 0.25) is 15.9 Å². The molecule has 0 spiro atoms. The number of nitrogens with one attached hydrogen (secondary N) is 1. The molecule has 0 aliphatic carbocycles. The number of sulfonamides is 1. The Morgan fingerprint density at radius 2 is 1.81 bits per heavy atom. The van der Waals surface area contributed by atoms with E-state index < -0.39 is 10.0 Å². The molecule has 2 aromatic rings. The van der Waals surface area contributed by atoms with Gasteiger partial charge < -0.3 is 10.1 Å². The third kappa shape index (κ3) is 5.90. The summed E-state index contributed by atoms with van der Waals surface area (Å²) in [6.45, 7) is 0.191. The molecule has 0 fully saturated rings. The lowest BCUT2D eigenvalue weighted by Gasteiger charge is -2.24. The van der Waals surface area contributed by atoms with Crippen LogP contribution in [-0.2, 0) is 14.8 Å². The number of amides is 1. The smallest absolute Gasteiger partial charge is 0.232 e. The summed E-state index contributed by atoms with van der Waals surface area (Å²) >= 11 is 1.55. The average molecular weight is 409 g/mol. The van der Waals surface area contributed by atoms with Gasteiger partial charge in [0.1, 0.15) is 5.75 Å². The molecule has 0 unspecified atom stereocenters. The number of para-hydroxylation sites is 3. The molecule has 0 heterocycles. The van der Waals surface area contributed by atoms with Gasteiger partial charge >= 0.3 is 0 Å². The number of rotatable bonds is 9. The topological polar surface area (TPSA) is 75.7 Å². The number of benzene rings is 2. The molecule has 0 aliphatic rings. The van der Waals surface area contributed by atoms with Crippen LogP contribution in [0.15, 0.2) is 53.4 Å². The Morgan fingerprint density at radius 1 is 1.15 bits per heavy atom. The Labute approximate surface area is 165 Å². The zero-order valence-corrected chi connectivity index (χ0v) is 17.3. The molecule has 2 aromatic carbocycles. The van der Waals surface area contributed by atoms with E-state index in [0.717, 1.165) is 16.8 Å². The van der Waals surface area contributed by atoms with Crippen molar-refractivity contribution >= 4 is 39.1 Å². The van der Waals surface area contributed by atoms with E-state index in [-0.39, 0.29) is 18.9 Å². The van der Waals surface area contributed by atoms with E-state index >= 15 is 0 Å². The fraction of sp³-hybridized carbons (Fsp3) is 0.316. The summed E-state index contributed by atoms with van der Waals surface area (Å²) in [5.41, 5.74) is 1.23. The molecule has 0 saturated heterocycles. The molecule has 6 nitrogen and oxygen atoms in total. The molecule has 0 saturated carbocycles. The minimum atomic E-state index is -3.50. The van der Waals surface area contributed by atoms with Crippen molar-refractivity contribution < 1.29 is 17.9 Å². The molecular formula is C19H24N2O4S2. The van der Waals surface area contributed by atoms with Gasteiger partial charge in [0.25, 0.3) is 0 Å². The summed E-state index contributed by atoms with van der Waals surface area (Å²) in [6.07, 6.45) is 3.69. The first-order valence-corrected chi connectivity index (χ1v) is 11.5. The molecule has 2 rings (SSSR count). The second kappa shape index (κ2) is 9.66. The van der Waals surface area contributed by atoms with Crippen molar-refractivity contribution in [3.05, 3.63) is 48.5 Å². The molecule has 1 amide bonds. The van der Waals surface area contributed by atoms with Crippen molar-refractivity contribution in [1.82, 2.24) is 0 Å². The van der Waals surface area contributed by atoms with Crippen molar-refractivity contribution in [1.29, 1.82) is 0 Å². The first kappa shape index (κ1) is 21.1. The highest BCUT2D eigenvalue weighted by molar-refractivity contribution is 7.98. The molecule has 8 heteroatoms. The highest BCUT2D eigenvalue weighted by Crippen LogP contribution is 2.30. The lowest BCUT2D eigenvalue weighted by atomic mass is 10.2. The number of carbonyl (C=O) groups is 1. The summed E-state index contributed by atoms with van der Waals surface area (Å²) in [5.74, 6) is 0.325. The zero-order valence-electron chi connectivity index (χ0n) is 15.6. The van der Waals surface area contributed by atoms with Gasteiger partial charge in [-0.2, -0.15) is 0 Å². The van der Waals surface area contributed by atoms with Crippen LogP contribution in [0.3, 0.4) is 0 Å². The Bertz CT molecular complexity index is 885. The molecule has 0 atom stereocenters. The van der Waals surface area contributed by atoms with Gasteiger partial charge in [-0.1, -0.05) is 24.3 Å². The highest BCUT2D eigenvalue weighted by Gasteiger charge is 2.20. The molecule has 146 valence electrons. The minimum Gasteiger partial charge on any atom is -0.495 e. The largest absolute Gasteiger partial charge is 0.495 e. The fourth-order valence-corrected chi connectivity index (χ4v) is 4.17. The van der Waals surface area contributed by atoms with Gasteiger partial charge in [0.15, 0.2) is 0 Å². The van der Waals surface area contributed by atoms with Crippen molar-refractivity contribution in [2.45, 2.75) is 17.7 Å². The molecule has 27 heavy (non-hydrogen) atoms. The van der Waals surface area contributed by atoms with E-state index in [1.807, 2.05) is 30.5 Å². The molecule has 0 aromatic heterocycles. The number of nitrogens with zero attached hydrogens (tertiary/aromatic N) is 1. The van der Waals surface area contributed by atoms with E-state index in [0.29, 0.717) is 17.9 Å². The van der Waals surface area contributed by atoms with Crippen LogP contribution in [-0.4, -0.2) is 40.5 Å². The summed E-state index contributed by atoms with van der Waals surface area (Å²) in [7, 11) is -2.00. The van der Waals surface area contributed by atoms with Crippen LogP contribution in [0.1, 0.15) is 12.8 Å². The van der Waals surface area contributed by atoms with Gasteiger partial charge in [-0.3, -0.25) is 9.10 Å². The first-order chi connectivity index (χ1) is 12.9. The fourth-order valence-electron chi connectivity index (χ4n) is 2.64. The van der Waals surface area contributed by atoms with Crippen LogP contribution in [0.25, 0.3) is 0 Å². The molecule has 1 N–H and O–H groups in total. The average Bonchev–Trinajstić information content (AvgIpc) is 2.64. The minimum absolute atomic E-state index is 0.148. The number of hydrogen-bond donors (Lipinski definition) is 1. The summed E-state index contributed by atoms with van der Waals surface area (Å²) in [5, 5.41) is 2.88. The van der Waals surface area contributed by atoms with Crippen LogP contribution in [0, 0.1) is 0 Å². The Balaban J connectivity index is 2.03. The van der Waals surface area contributed by atoms with Crippen molar-refractivity contribution in [3.8, 4) is 5.75 Å². The van der Waals surface area contributed by atoms with E-state index in [9.17, 15) is 13.2 Å². The quantitative estimate of drug-likeness (QED) is 0.642. The number of methoxy groups -OCH3 is 1. The van der Waals surface area contributed by atoms with E-state index in [2.05, 4.69) is 5.32 Å². The second-order valence-electron chi connectivity index (χ2n) is 5.86. The second-order valence-corrected chi connectivity index (χ2v) is 8.61. The van der Waals surface area contributed by atoms with Gasteiger partial charge in [-0.25, -0.2) is 8.42 Å². The van der Waals surface area contributed by atoms with Gasteiger partial charge in [-0.05, 0) is 36.9 Å². The third-order valence-electron chi connectivity index (χ3n) is 3.90. The maximum absolute atomic E-state index is 12.3. The summed E-state index contributed by atoms with van der Waals surface area (Å²) < 4.78 is 31.0. The highest BCUT2D eigenvalue weighted by atomic mass is 32.2.